The molecule has 0 aliphatic rings. The molecule has 0 amide bonds. The van der Waals surface area contributed by atoms with Crippen molar-refractivity contribution in [3.63, 3.8) is 0 Å². The molecule has 1 aromatic carbocycles. The molecule has 0 saturated carbocycles. The molecule has 126 valence electrons. The molecule has 0 fully saturated rings. The number of hydrogen-bond donors (Lipinski definition) is 0. The van der Waals surface area contributed by atoms with Gasteiger partial charge in [-0.2, -0.15) is 23.5 Å². The van der Waals surface area contributed by atoms with E-state index in [2.05, 4.69) is 5.10 Å². The summed E-state index contributed by atoms with van der Waals surface area (Å²) in [4.78, 5) is 9.92. The molecule has 3 rings (SSSR count). The SMILES string of the molecule is N#Cc1cn(-c2cccc(C(F)(F)F)c2)nc1-c1ccc([N+](=O)[O-])o1. The molecule has 0 spiro atoms. The average Bonchev–Trinajstić information content (AvgIpc) is 3.20. The first-order valence-electron chi connectivity index (χ1n) is 6.71. The lowest BCUT2D eigenvalue weighted by Crippen LogP contribution is -2.06. The molecule has 0 unspecified atom stereocenters. The molecular weight excluding hydrogens is 341 g/mol. The van der Waals surface area contributed by atoms with E-state index in [0.717, 1.165) is 22.9 Å². The van der Waals surface area contributed by atoms with Crippen LogP contribution < -0.4 is 0 Å². The van der Waals surface area contributed by atoms with Gasteiger partial charge in [-0.25, -0.2) is 4.68 Å². The summed E-state index contributed by atoms with van der Waals surface area (Å²) in [7, 11) is 0. The van der Waals surface area contributed by atoms with Crippen LogP contribution in [-0.2, 0) is 6.18 Å². The van der Waals surface area contributed by atoms with Crippen LogP contribution in [-0.4, -0.2) is 14.7 Å². The average molecular weight is 348 g/mol. The Balaban J connectivity index is 2.07. The van der Waals surface area contributed by atoms with E-state index in [9.17, 15) is 28.5 Å². The van der Waals surface area contributed by atoms with Crippen LogP contribution in [0.4, 0.5) is 19.1 Å². The lowest BCUT2D eigenvalue weighted by Gasteiger charge is -2.08. The Morgan fingerprint density at radius 3 is 2.64 bits per heavy atom. The van der Waals surface area contributed by atoms with E-state index in [1.165, 1.54) is 24.4 Å². The Hall–Kier alpha value is -3.61. The van der Waals surface area contributed by atoms with Gasteiger partial charge in [0.2, 0.25) is 0 Å². The fourth-order valence-electron chi connectivity index (χ4n) is 2.15. The Morgan fingerprint density at radius 1 is 1.28 bits per heavy atom. The Morgan fingerprint density at radius 2 is 2.04 bits per heavy atom. The van der Waals surface area contributed by atoms with Gasteiger partial charge in [-0.3, -0.25) is 10.1 Å². The third-order valence-corrected chi connectivity index (χ3v) is 3.28. The van der Waals surface area contributed by atoms with E-state index in [0.29, 0.717) is 0 Å². The molecule has 25 heavy (non-hydrogen) atoms. The summed E-state index contributed by atoms with van der Waals surface area (Å²) in [6.07, 6.45) is -3.30. The molecule has 10 heteroatoms. The Bertz CT molecular complexity index is 998. The van der Waals surface area contributed by atoms with E-state index in [1.54, 1.807) is 0 Å². The quantitative estimate of drug-likeness (QED) is 0.527. The van der Waals surface area contributed by atoms with Crippen LogP contribution >= 0.6 is 0 Å². The summed E-state index contributed by atoms with van der Waals surface area (Å²) >= 11 is 0. The van der Waals surface area contributed by atoms with E-state index < -0.39 is 22.5 Å². The molecule has 0 N–H and O–H groups in total. The van der Waals surface area contributed by atoms with Crippen molar-refractivity contribution >= 4 is 5.88 Å². The van der Waals surface area contributed by atoms with Gasteiger partial charge in [0, 0.05) is 6.20 Å². The molecule has 3 aromatic rings. The zero-order valence-corrected chi connectivity index (χ0v) is 12.2. The first-order valence-corrected chi connectivity index (χ1v) is 6.71. The van der Waals surface area contributed by atoms with Crippen LogP contribution in [0.1, 0.15) is 11.1 Å². The maximum atomic E-state index is 12.8. The standard InChI is InChI=1S/C15H7F3N4O3/c16-15(17,18)10-2-1-3-11(6-10)21-8-9(7-19)14(20-21)12-4-5-13(25-12)22(23)24/h1-6,8H. The van der Waals surface area contributed by atoms with Crippen molar-refractivity contribution in [3.05, 3.63) is 63.8 Å². The molecule has 0 radical (unpaired) electrons. The molecule has 0 aliphatic carbocycles. The first-order chi connectivity index (χ1) is 11.8. The van der Waals surface area contributed by atoms with Crippen molar-refractivity contribution in [1.29, 1.82) is 5.26 Å². The highest BCUT2D eigenvalue weighted by atomic mass is 19.4. The lowest BCUT2D eigenvalue weighted by atomic mass is 10.2. The molecule has 2 aromatic heterocycles. The summed E-state index contributed by atoms with van der Waals surface area (Å²) in [6.45, 7) is 0. The highest BCUT2D eigenvalue weighted by Crippen LogP contribution is 2.31. The molecule has 0 saturated heterocycles. The van der Waals surface area contributed by atoms with Gasteiger partial charge in [0.25, 0.3) is 0 Å². The number of nitro groups is 1. The smallest absolute Gasteiger partial charge is 0.399 e. The van der Waals surface area contributed by atoms with Crippen molar-refractivity contribution in [2.75, 3.05) is 0 Å². The highest BCUT2D eigenvalue weighted by Gasteiger charge is 2.30. The molecule has 2 heterocycles. The van der Waals surface area contributed by atoms with E-state index in [1.807, 2.05) is 6.07 Å². The number of hydrogen-bond acceptors (Lipinski definition) is 5. The van der Waals surface area contributed by atoms with Gasteiger partial charge < -0.3 is 4.42 Å². The van der Waals surface area contributed by atoms with E-state index in [-0.39, 0.29) is 22.7 Å². The van der Waals surface area contributed by atoms with Gasteiger partial charge >= 0.3 is 12.1 Å². The number of benzene rings is 1. The minimum absolute atomic E-state index is 0.00154. The number of aromatic nitrogens is 2. The lowest BCUT2D eigenvalue weighted by molar-refractivity contribution is -0.401. The predicted octanol–water partition coefficient (Wildman–Crippen LogP) is 3.93. The van der Waals surface area contributed by atoms with Gasteiger partial charge in [0.15, 0.2) is 5.76 Å². The van der Waals surface area contributed by atoms with E-state index in [4.69, 9.17) is 4.42 Å². The number of nitriles is 1. The van der Waals surface area contributed by atoms with Gasteiger partial charge in [0.05, 0.1) is 17.3 Å². The predicted molar refractivity (Wildman–Crippen MR) is 77.6 cm³/mol. The molecule has 0 bridgehead atoms. The highest BCUT2D eigenvalue weighted by molar-refractivity contribution is 5.62. The number of rotatable bonds is 3. The van der Waals surface area contributed by atoms with Gasteiger partial charge in [-0.1, -0.05) is 6.07 Å². The van der Waals surface area contributed by atoms with Crippen LogP contribution in [0.5, 0.6) is 0 Å². The second-order valence-electron chi connectivity index (χ2n) is 4.89. The maximum Gasteiger partial charge on any atom is 0.433 e. The fourth-order valence-corrected chi connectivity index (χ4v) is 2.15. The van der Waals surface area contributed by atoms with Crippen molar-refractivity contribution in [1.82, 2.24) is 9.78 Å². The molecule has 0 atom stereocenters. The Kier molecular flexibility index (Phi) is 3.76. The zero-order valence-electron chi connectivity index (χ0n) is 12.2. The summed E-state index contributed by atoms with van der Waals surface area (Å²) in [5.74, 6) is -0.568. The first kappa shape index (κ1) is 16.3. The van der Waals surface area contributed by atoms with E-state index >= 15 is 0 Å². The fraction of sp³-hybridized carbons (Fsp3) is 0.0667. The van der Waals surface area contributed by atoms with Gasteiger partial charge in [-0.05, 0) is 24.3 Å². The largest absolute Gasteiger partial charge is 0.433 e. The van der Waals surface area contributed by atoms with Crippen LogP contribution in [0.3, 0.4) is 0 Å². The summed E-state index contributed by atoms with van der Waals surface area (Å²) in [6, 6.07) is 8.58. The van der Waals surface area contributed by atoms with Crippen LogP contribution in [0, 0.1) is 21.4 Å². The molecule has 7 nitrogen and oxygen atoms in total. The van der Waals surface area contributed by atoms with Crippen molar-refractivity contribution in [2.24, 2.45) is 0 Å². The van der Waals surface area contributed by atoms with Crippen LogP contribution in [0.2, 0.25) is 0 Å². The summed E-state index contributed by atoms with van der Waals surface area (Å²) in [5.41, 5.74) is -0.789. The third-order valence-electron chi connectivity index (χ3n) is 3.28. The van der Waals surface area contributed by atoms with Gasteiger partial charge in [-0.15, -0.1) is 0 Å². The minimum Gasteiger partial charge on any atom is -0.399 e. The van der Waals surface area contributed by atoms with Crippen LogP contribution in [0.15, 0.2) is 47.0 Å². The number of furan rings is 1. The normalized spacial score (nSPS) is 11.3. The van der Waals surface area contributed by atoms with Crippen molar-refractivity contribution < 1.29 is 22.5 Å². The maximum absolute atomic E-state index is 12.8. The zero-order chi connectivity index (χ0) is 18.2. The number of alkyl halides is 3. The number of nitrogens with zero attached hydrogens (tertiary/aromatic N) is 4. The van der Waals surface area contributed by atoms with Crippen LogP contribution in [0.25, 0.3) is 17.1 Å². The molecule has 0 aliphatic heterocycles. The third kappa shape index (κ3) is 3.07. The Labute approximate surface area is 137 Å². The molecular formula is C15H7F3N4O3. The van der Waals surface area contributed by atoms with Gasteiger partial charge in [0.1, 0.15) is 22.2 Å². The number of halogens is 3. The van der Waals surface area contributed by atoms with Crippen molar-refractivity contribution in [2.45, 2.75) is 6.18 Å². The second kappa shape index (κ2) is 5.79. The summed E-state index contributed by atoms with van der Waals surface area (Å²) < 4.78 is 44.5. The monoisotopic (exact) mass is 348 g/mol. The van der Waals surface area contributed by atoms with Crippen molar-refractivity contribution in [3.8, 4) is 23.2 Å². The second-order valence-corrected chi connectivity index (χ2v) is 4.89. The topological polar surface area (TPSA) is 97.9 Å². The minimum atomic E-state index is -4.52. The summed E-state index contributed by atoms with van der Waals surface area (Å²) in [5, 5.41) is 23.9.